The number of aromatic nitrogens is 1. The highest BCUT2D eigenvalue weighted by Gasteiger charge is 2.23. The van der Waals surface area contributed by atoms with Crippen molar-refractivity contribution < 1.29 is 22.7 Å². The van der Waals surface area contributed by atoms with Gasteiger partial charge < -0.3 is 14.4 Å². The van der Waals surface area contributed by atoms with Gasteiger partial charge in [0.1, 0.15) is 17.2 Å². The van der Waals surface area contributed by atoms with Crippen LogP contribution >= 0.6 is 23.2 Å². The first-order valence-electron chi connectivity index (χ1n) is 12.1. The minimum absolute atomic E-state index is 0.0210. The zero-order chi connectivity index (χ0) is 29.0. The Balaban J connectivity index is 1.55. The molecule has 40 heavy (non-hydrogen) atoms. The van der Waals surface area contributed by atoms with Crippen LogP contribution in [-0.4, -0.2) is 38.4 Å². The average molecular weight is 601 g/mol. The summed E-state index contributed by atoms with van der Waals surface area (Å²) in [6.45, 7) is 3.93. The number of methoxy groups -OCH3 is 1. The van der Waals surface area contributed by atoms with E-state index in [0.29, 0.717) is 28.0 Å². The van der Waals surface area contributed by atoms with Gasteiger partial charge in [-0.05, 0) is 68.4 Å². The number of aryl methyl sites for hydroxylation is 1. The van der Waals surface area contributed by atoms with E-state index >= 15 is 0 Å². The molecule has 0 fully saturated rings. The van der Waals surface area contributed by atoms with E-state index in [1.54, 1.807) is 44.6 Å². The van der Waals surface area contributed by atoms with E-state index in [0.717, 1.165) is 11.1 Å². The molecule has 4 aromatic rings. The third kappa shape index (κ3) is 6.50. The van der Waals surface area contributed by atoms with Crippen LogP contribution in [-0.2, 0) is 16.6 Å². The maximum atomic E-state index is 13.5. The van der Waals surface area contributed by atoms with E-state index in [9.17, 15) is 13.2 Å². The van der Waals surface area contributed by atoms with Gasteiger partial charge in [0.25, 0.3) is 15.9 Å². The number of nitrogens with zero attached hydrogens (tertiary/aromatic N) is 2. The molecule has 0 spiro atoms. The summed E-state index contributed by atoms with van der Waals surface area (Å²) < 4.78 is 40.2. The number of carbonyl (C=O) groups is 1. The van der Waals surface area contributed by atoms with Crippen molar-refractivity contribution in [3.8, 4) is 17.2 Å². The molecule has 208 valence electrons. The third-order valence-corrected chi connectivity index (χ3v) is 8.07. The van der Waals surface area contributed by atoms with Gasteiger partial charge in [0.05, 0.1) is 40.5 Å². The van der Waals surface area contributed by atoms with Crippen LogP contribution in [0.4, 0.5) is 5.69 Å². The summed E-state index contributed by atoms with van der Waals surface area (Å²) >= 11 is 12.3. The Hall–Kier alpha value is -3.79. The number of hydrogen-bond acceptors (Lipinski definition) is 6. The fraction of sp³-hybridized carbons (Fsp3) is 0.172. The Morgan fingerprint density at radius 2 is 1.73 bits per heavy atom. The van der Waals surface area contributed by atoms with Crippen LogP contribution in [0.3, 0.4) is 0 Å². The molecule has 0 bridgehead atoms. The van der Waals surface area contributed by atoms with E-state index in [-0.39, 0.29) is 27.7 Å². The second-order valence-electron chi connectivity index (χ2n) is 9.01. The number of rotatable bonds is 9. The zero-order valence-corrected chi connectivity index (χ0v) is 24.6. The predicted molar refractivity (Wildman–Crippen MR) is 156 cm³/mol. The first-order valence-corrected chi connectivity index (χ1v) is 14.3. The number of para-hydroxylation sites is 1. The first-order chi connectivity index (χ1) is 19.0. The lowest BCUT2D eigenvalue weighted by molar-refractivity contribution is 0.0784. The lowest BCUT2D eigenvalue weighted by Gasteiger charge is -2.21. The monoisotopic (exact) mass is 599 g/mol. The van der Waals surface area contributed by atoms with E-state index < -0.39 is 15.9 Å². The van der Waals surface area contributed by atoms with Crippen LogP contribution in [0.1, 0.15) is 27.2 Å². The molecule has 1 heterocycles. The van der Waals surface area contributed by atoms with Crippen LogP contribution in [0.5, 0.6) is 17.2 Å². The number of hydrogen-bond donors (Lipinski definition) is 1. The Labute approximate surface area is 243 Å². The molecule has 0 saturated carbocycles. The lowest BCUT2D eigenvalue weighted by Crippen LogP contribution is -2.28. The van der Waals surface area contributed by atoms with Gasteiger partial charge in [-0.1, -0.05) is 35.3 Å². The van der Waals surface area contributed by atoms with Gasteiger partial charge in [0.2, 0.25) is 0 Å². The molecule has 0 atom stereocenters. The second kappa shape index (κ2) is 12.2. The van der Waals surface area contributed by atoms with E-state index in [4.69, 9.17) is 32.7 Å². The molecular weight excluding hydrogens is 573 g/mol. The summed E-state index contributed by atoms with van der Waals surface area (Å²) in [5.74, 6) is 1.11. The second-order valence-corrected chi connectivity index (χ2v) is 11.5. The van der Waals surface area contributed by atoms with Crippen molar-refractivity contribution in [3.05, 3.63) is 105 Å². The number of ether oxygens (including phenoxy) is 2. The van der Waals surface area contributed by atoms with Crippen LogP contribution in [0.2, 0.25) is 10.0 Å². The third-order valence-electron chi connectivity index (χ3n) is 6.14. The molecule has 0 aliphatic heterocycles. The van der Waals surface area contributed by atoms with E-state index in [1.807, 2.05) is 13.8 Å². The smallest absolute Gasteiger partial charge is 0.261 e. The largest absolute Gasteiger partial charge is 0.496 e. The number of sulfonamides is 1. The number of amides is 1. The quantitative estimate of drug-likeness (QED) is 0.225. The zero-order valence-electron chi connectivity index (χ0n) is 22.2. The Kier molecular flexibility index (Phi) is 8.88. The molecular formula is C29H27Cl2N3O5S. The molecule has 0 unspecified atom stereocenters. The van der Waals surface area contributed by atoms with E-state index in [1.165, 1.54) is 47.4 Å². The highest BCUT2D eigenvalue weighted by Crippen LogP contribution is 2.31. The summed E-state index contributed by atoms with van der Waals surface area (Å²) in [4.78, 5) is 19.3. The molecule has 1 aromatic heterocycles. The molecule has 0 aliphatic rings. The number of halogens is 2. The fourth-order valence-corrected chi connectivity index (χ4v) is 5.49. The predicted octanol–water partition coefficient (Wildman–Crippen LogP) is 6.88. The van der Waals surface area contributed by atoms with Gasteiger partial charge in [-0.15, -0.1) is 0 Å². The summed E-state index contributed by atoms with van der Waals surface area (Å²) in [5, 5.41) is 0.713. The molecule has 8 nitrogen and oxygen atoms in total. The van der Waals surface area contributed by atoms with Crippen molar-refractivity contribution in [2.45, 2.75) is 25.3 Å². The topological polar surface area (TPSA) is 97.8 Å². The normalized spacial score (nSPS) is 11.2. The SMILES string of the molecule is COc1c(C)cnc(CN(C)C(=O)c2cc(Cl)ccc2NS(=O)(=O)c2ccc(Oc3ccccc3Cl)cc2)c1C. The van der Waals surface area contributed by atoms with E-state index in [2.05, 4.69) is 9.71 Å². The summed E-state index contributed by atoms with van der Waals surface area (Å²) in [6, 6.07) is 17.2. The highest BCUT2D eigenvalue weighted by atomic mass is 35.5. The van der Waals surface area contributed by atoms with Crippen LogP contribution in [0.15, 0.2) is 77.8 Å². The highest BCUT2D eigenvalue weighted by molar-refractivity contribution is 7.92. The molecule has 0 aliphatic carbocycles. The van der Waals surface area contributed by atoms with Gasteiger partial charge >= 0.3 is 0 Å². The molecule has 4 rings (SSSR count). The minimum Gasteiger partial charge on any atom is -0.496 e. The first kappa shape index (κ1) is 29.2. The van der Waals surface area contributed by atoms with Crippen molar-refractivity contribution in [2.24, 2.45) is 0 Å². The van der Waals surface area contributed by atoms with Crippen molar-refractivity contribution >= 4 is 44.8 Å². The molecule has 1 N–H and O–H groups in total. The van der Waals surface area contributed by atoms with Crippen molar-refractivity contribution in [2.75, 3.05) is 18.9 Å². The van der Waals surface area contributed by atoms with Crippen LogP contribution < -0.4 is 14.2 Å². The molecule has 0 saturated heterocycles. The maximum absolute atomic E-state index is 13.5. The lowest BCUT2D eigenvalue weighted by atomic mass is 10.1. The van der Waals surface area contributed by atoms with Crippen molar-refractivity contribution in [1.82, 2.24) is 9.88 Å². The van der Waals surface area contributed by atoms with Gasteiger partial charge in [0, 0.05) is 29.4 Å². The van der Waals surface area contributed by atoms with Gasteiger partial charge in [0.15, 0.2) is 0 Å². The minimum atomic E-state index is -4.06. The van der Waals surface area contributed by atoms with Crippen molar-refractivity contribution in [1.29, 1.82) is 0 Å². The van der Waals surface area contributed by atoms with Crippen LogP contribution in [0, 0.1) is 13.8 Å². The molecule has 3 aromatic carbocycles. The fourth-order valence-electron chi connectivity index (χ4n) is 4.06. The Morgan fingerprint density at radius 3 is 2.40 bits per heavy atom. The van der Waals surface area contributed by atoms with Crippen LogP contribution in [0.25, 0.3) is 0 Å². The number of carbonyl (C=O) groups excluding carboxylic acids is 1. The Bertz CT molecular complexity index is 1660. The number of anilines is 1. The number of nitrogens with one attached hydrogen (secondary N) is 1. The summed E-state index contributed by atoms with van der Waals surface area (Å²) in [5.41, 5.74) is 2.53. The number of pyridine rings is 1. The van der Waals surface area contributed by atoms with Gasteiger partial charge in [-0.25, -0.2) is 8.42 Å². The Morgan fingerprint density at radius 1 is 1.02 bits per heavy atom. The molecule has 1 amide bonds. The molecule has 11 heteroatoms. The number of benzene rings is 3. The van der Waals surface area contributed by atoms with Crippen molar-refractivity contribution in [3.63, 3.8) is 0 Å². The molecule has 0 radical (unpaired) electrons. The maximum Gasteiger partial charge on any atom is 0.261 e. The standard InChI is InChI=1S/C29H27Cl2N3O5S/c1-18-16-32-26(19(2)28(18)38-4)17-34(3)29(35)23-15-20(30)9-14-25(23)33-40(36,37)22-12-10-21(11-13-22)39-27-8-6-5-7-24(27)31/h5-16,33H,17H2,1-4H3. The van der Waals surface area contributed by atoms with Gasteiger partial charge in [-0.3, -0.25) is 14.5 Å². The average Bonchev–Trinajstić information content (AvgIpc) is 2.92. The van der Waals surface area contributed by atoms with Gasteiger partial charge in [-0.2, -0.15) is 0 Å². The summed E-state index contributed by atoms with van der Waals surface area (Å²) in [6.07, 6.45) is 1.68. The summed E-state index contributed by atoms with van der Waals surface area (Å²) in [7, 11) is -0.874.